The summed E-state index contributed by atoms with van der Waals surface area (Å²) in [4.78, 5) is 0. The Bertz CT molecular complexity index is 192. The Kier molecular flexibility index (Phi) is 4.30. The second-order valence-electron chi connectivity index (χ2n) is 2.04. The molecular formula is C9H15NO. The third-order valence-electron chi connectivity index (χ3n) is 1.16. The van der Waals surface area contributed by atoms with Crippen LogP contribution in [0.1, 0.15) is 20.8 Å². The zero-order valence-electron chi connectivity index (χ0n) is 7.33. The van der Waals surface area contributed by atoms with Crippen LogP contribution in [0.15, 0.2) is 36.2 Å². The van der Waals surface area contributed by atoms with Crippen LogP contribution in [0, 0.1) is 0 Å². The molecule has 2 heteroatoms. The van der Waals surface area contributed by atoms with Gasteiger partial charge in [-0.25, -0.2) is 5.06 Å². The van der Waals surface area contributed by atoms with E-state index in [-0.39, 0.29) is 0 Å². The van der Waals surface area contributed by atoms with Crippen molar-refractivity contribution in [3.63, 3.8) is 0 Å². The molecule has 0 spiro atoms. The highest BCUT2D eigenvalue weighted by Gasteiger charge is 2.00. The van der Waals surface area contributed by atoms with Crippen molar-refractivity contribution in [1.29, 1.82) is 0 Å². The van der Waals surface area contributed by atoms with E-state index in [2.05, 4.69) is 6.58 Å². The molecule has 1 rings (SSSR count). The van der Waals surface area contributed by atoms with Crippen LogP contribution < -0.4 is 0 Å². The van der Waals surface area contributed by atoms with Gasteiger partial charge >= 0.3 is 0 Å². The largest absolute Gasteiger partial charge is 0.284 e. The first-order chi connectivity index (χ1) is 5.20. The van der Waals surface area contributed by atoms with Gasteiger partial charge < -0.3 is 0 Å². The van der Waals surface area contributed by atoms with Crippen LogP contribution in [0.25, 0.3) is 0 Å². The number of hydrogen-bond acceptors (Lipinski definition) is 2. The van der Waals surface area contributed by atoms with Gasteiger partial charge in [0, 0.05) is 6.20 Å². The average Bonchev–Trinajstić information content (AvgIpc) is 2.02. The molecule has 0 aromatic heterocycles. The van der Waals surface area contributed by atoms with Crippen LogP contribution in [0.2, 0.25) is 0 Å². The molecule has 1 aliphatic heterocycles. The minimum absolute atomic E-state index is 0.598. The number of hydroxylamine groups is 2. The molecule has 0 atom stereocenters. The van der Waals surface area contributed by atoms with Crippen LogP contribution >= 0.6 is 0 Å². The third-order valence-corrected chi connectivity index (χ3v) is 1.16. The number of allylic oxidation sites excluding steroid dienone is 3. The van der Waals surface area contributed by atoms with Crippen LogP contribution in [-0.4, -0.2) is 10.3 Å². The SMILES string of the molecule is C=C1C=CC(C)=CN1O.CC. The first kappa shape index (κ1) is 9.98. The molecule has 0 saturated carbocycles. The fraction of sp³-hybridized carbons (Fsp3) is 0.333. The molecule has 0 radical (unpaired) electrons. The summed E-state index contributed by atoms with van der Waals surface area (Å²) in [5.41, 5.74) is 1.62. The number of hydrogen-bond donors (Lipinski definition) is 1. The van der Waals surface area contributed by atoms with Crippen molar-refractivity contribution in [3.05, 3.63) is 36.2 Å². The van der Waals surface area contributed by atoms with E-state index in [0.29, 0.717) is 5.70 Å². The maximum absolute atomic E-state index is 8.95. The van der Waals surface area contributed by atoms with Gasteiger partial charge in [0.2, 0.25) is 0 Å². The van der Waals surface area contributed by atoms with Gasteiger partial charge in [0.25, 0.3) is 0 Å². The van der Waals surface area contributed by atoms with E-state index < -0.39 is 0 Å². The molecule has 11 heavy (non-hydrogen) atoms. The molecule has 62 valence electrons. The van der Waals surface area contributed by atoms with Crippen molar-refractivity contribution < 1.29 is 5.21 Å². The average molecular weight is 153 g/mol. The molecule has 0 aromatic carbocycles. The van der Waals surface area contributed by atoms with Crippen molar-refractivity contribution in [3.8, 4) is 0 Å². The smallest absolute Gasteiger partial charge is 0.0614 e. The second kappa shape index (κ2) is 4.74. The molecule has 1 heterocycles. The highest BCUT2D eigenvalue weighted by Crippen LogP contribution is 2.11. The zero-order valence-corrected chi connectivity index (χ0v) is 7.33. The molecule has 0 bridgehead atoms. The van der Waals surface area contributed by atoms with Crippen LogP contribution in [0.3, 0.4) is 0 Å². The van der Waals surface area contributed by atoms with E-state index in [1.165, 1.54) is 0 Å². The fourth-order valence-electron chi connectivity index (χ4n) is 0.623. The fourth-order valence-corrected chi connectivity index (χ4v) is 0.623. The molecule has 1 N–H and O–H groups in total. The summed E-state index contributed by atoms with van der Waals surface area (Å²) in [5.74, 6) is 0. The first-order valence-electron chi connectivity index (χ1n) is 3.73. The second-order valence-corrected chi connectivity index (χ2v) is 2.04. The van der Waals surface area contributed by atoms with E-state index in [0.717, 1.165) is 10.6 Å². The van der Waals surface area contributed by atoms with Gasteiger partial charge in [-0.05, 0) is 18.6 Å². The quantitative estimate of drug-likeness (QED) is 0.578. The van der Waals surface area contributed by atoms with E-state index in [1.54, 1.807) is 12.3 Å². The lowest BCUT2D eigenvalue weighted by Crippen LogP contribution is -2.11. The molecular weight excluding hydrogens is 138 g/mol. The Morgan fingerprint density at radius 1 is 1.36 bits per heavy atom. The number of rotatable bonds is 0. The van der Waals surface area contributed by atoms with Gasteiger partial charge in [0.15, 0.2) is 0 Å². The Morgan fingerprint density at radius 3 is 2.27 bits per heavy atom. The minimum atomic E-state index is 0.598. The Labute approximate surface area is 68.1 Å². The van der Waals surface area contributed by atoms with Gasteiger partial charge in [-0.3, -0.25) is 5.21 Å². The standard InChI is InChI=1S/C7H9NO.C2H6/c1-6-3-4-7(2)8(9)5-6;1-2/h3-5,9H,2H2,1H3;1-2H3. The number of nitrogens with zero attached hydrogens (tertiary/aromatic N) is 1. The van der Waals surface area contributed by atoms with E-state index >= 15 is 0 Å². The lowest BCUT2D eigenvalue weighted by molar-refractivity contribution is -0.000542. The van der Waals surface area contributed by atoms with Gasteiger partial charge in [0.05, 0.1) is 5.70 Å². The van der Waals surface area contributed by atoms with E-state index in [9.17, 15) is 0 Å². The van der Waals surface area contributed by atoms with E-state index in [1.807, 2.05) is 26.8 Å². The topological polar surface area (TPSA) is 23.5 Å². The highest BCUT2D eigenvalue weighted by atomic mass is 16.5. The highest BCUT2D eigenvalue weighted by molar-refractivity contribution is 5.29. The first-order valence-corrected chi connectivity index (χ1v) is 3.73. The van der Waals surface area contributed by atoms with Gasteiger partial charge in [0.1, 0.15) is 0 Å². The Morgan fingerprint density at radius 2 is 1.91 bits per heavy atom. The van der Waals surface area contributed by atoms with Crippen molar-refractivity contribution in [2.24, 2.45) is 0 Å². The summed E-state index contributed by atoms with van der Waals surface area (Å²) in [7, 11) is 0. The van der Waals surface area contributed by atoms with Crippen molar-refractivity contribution >= 4 is 0 Å². The molecule has 0 fully saturated rings. The lowest BCUT2D eigenvalue weighted by atomic mass is 10.2. The van der Waals surface area contributed by atoms with Crippen molar-refractivity contribution in [2.45, 2.75) is 20.8 Å². The summed E-state index contributed by atoms with van der Waals surface area (Å²) in [6.45, 7) is 9.48. The summed E-state index contributed by atoms with van der Waals surface area (Å²) in [6.07, 6.45) is 5.27. The molecule has 0 unspecified atom stereocenters. The molecule has 0 saturated heterocycles. The zero-order chi connectivity index (χ0) is 8.85. The predicted octanol–water partition coefficient (Wildman–Crippen LogP) is 2.69. The minimum Gasteiger partial charge on any atom is -0.284 e. The van der Waals surface area contributed by atoms with E-state index in [4.69, 9.17) is 5.21 Å². The van der Waals surface area contributed by atoms with Crippen LogP contribution in [0.5, 0.6) is 0 Å². The Hall–Kier alpha value is -1.02. The van der Waals surface area contributed by atoms with Crippen molar-refractivity contribution in [2.75, 3.05) is 0 Å². The molecule has 0 amide bonds. The summed E-state index contributed by atoms with van der Waals surface area (Å²) in [6, 6.07) is 0. The maximum Gasteiger partial charge on any atom is 0.0614 e. The molecule has 0 aromatic rings. The third kappa shape index (κ3) is 3.05. The van der Waals surface area contributed by atoms with Gasteiger partial charge in [-0.15, -0.1) is 0 Å². The van der Waals surface area contributed by atoms with Gasteiger partial charge in [-0.1, -0.05) is 26.5 Å². The molecule has 0 aliphatic carbocycles. The Balaban J connectivity index is 0.000000461. The van der Waals surface area contributed by atoms with Gasteiger partial charge in [-0.2, -0.15) is 0 Å². The maximum atomic E-state index is 8.95. The summed E-state index contributed by atoms with van der Waals surface area (Å²) < 4.78 is 0. The van der Waals surface area contributed by atoms with Crippen molar-refractivity contribution in [1.82, 2.24) is 5.06 Å². The molecule has 1 aliphatic rings. The normalized spacial score (nSPS) is 15.5. The monoisotopic (exact) mass is 153 g/mol. The summed E-state index contributed by atoms with van der Waals surface area (Å²) >= 11 is 0. The summed E-state index contributed by atoms with van der Waals surface area (Å²) in [5, 5.41) is 9.96. The van der Waals surface area contributed by atoms with Crippen LogP contribution in [-0.2, 0) is 0 Å². The predicted molar refractivity (Wildman–Crippen MR) is 47.0 cm³/mol. The molecule has 2 nitrogen and oxygen atoms in total. The lowest BCUT2D eigenvalue weighted by Gasteiger charge is -2.15. The van der Waals surface area contributed by atoms with Crippen LogP contribution in [0.4, 0.5) is 0 Å².